The molecule has 0 saturated heterocycles. The van der Waals surface area contributed by atoms with Crippen LogP contribution in [0.2, 0.25) is 0 Å². The molecule has 4 nitrogen and oxygen atoms in total. The van der Waals surface area contributed by atoms with E-state index in [0.717, 1.165) is 36.0 Å². The quantitative estimate of drug-likeness (QED) is 0.578. The zero-order valence-corrected chi connectivity index (χ0v) is 17.7. The van der Waals surface area contributed by atoms with E-state index >= 15 is 0 Å². The molecule has 2 atom stereocenters. The summed E-state index contributed by atoms with van der Waals surface area (Å²) >= 11 is 0. The van der Waals surface area contributed by atoms with Crippen molar-refractivity contribution in [1.82, 2.24) is 5.32 Å². The number of esters is 1. The summed E-state index contributed by atoms with van der Waals surface area (Å²) < 4.78 is 5.56. The van der Waals surface area contributed by atoms with Crippen molar-refractivity contribution in [3.05, 3.63) is 107 Å². The van der Waals surface area contributed by atoms with E-state index in [4.69, 9.17) is 4.74 Å². The van der Waals surface area contributed by atoms with Gasteiger partial charge in [0.2, 0.25) is 0 Å². The number of benzene rings is 3. The number of fused-ring (bicyclic) bond motifs is 1. The maximum absolute atomic E-state index is 12.9. The molecule has 1 aliphatic rings. The summed E-state index contributed by atoms with van der Waals surface area (Å²) in [7, 11) is 0. The van der Waals surface area contributed by atoms with Crippen LogP contribution < -0.4 is 5.32 Å². The first-order valence-electron chi connectivity index (χ1n) is 10.8. The molecule has 1 amide bonds. The van der Waals surface area contributed by atoms with Gasteiger partial charge in [-0.3, -0.25) is 4.79 Å². The van der Waals surface area contributed by atoms with E-state index in [2.05, 4.69) is 17.4 Å². The Morgan fingerprint density at radius 1 is 0.968 bits per heavy atom. The molecule has 3 aromatic rings. The van der Waals surface area contributed by atoms with Crippen LogP contribution in [-0.4, -0.2) is 18.0 Å². The second-order valence-electron chi connectivity index (χ2n) is 8.02. The first-order chi connectivity index (χ1) is 15.1. The topological polar surface area (TPSA) is 55.4 Å². The van der Waals surface area contributed by atoms with Gasteiger partial charge in [-0.1, -0.05) is 72.8 Å². The van der Waals surface area contributed by atoms with Gasteiger partial charge in [-0.05, 0) is 60.9 Å². The number of aryl methyl sites for hydroxylation is 1. The van der Waals surface area contributed by atoms with Crippen molar-refractivity contribution in [2.75, 3.05) is 0 Å². The second-order valence-corrected chi connectivity index (χ2v) is 8.02. The van der Waals surface area contributed by atoms with Crippen molar-refractivity contribution in [2.45, 2.75) is 44.8 Å². The molecule has 4 heteroatoms. The van der Waals surface area contributed by atoms with Crippen molar-refractivity contribution in [3.8, 4) is 0 Å². The van der Waals surface area contributed by atoms with Crippen LogP contribution in [0.1, 0.15) is 58.4 Å². The molecule has 1 aliphatic carbocycles. The van der Waals surface area contributed by atoms with E-state index in [0.29, 0.717) is 12.0 Å². The summed E-state index contributed by atoms with van der Waals surface area (Å²) in [6, 6.07) is 25.5. The molecule has 0 aliphatic heterocycles. The Balaban J connectivity index is 1.42. The van der Waals surface area contributed by atoms with E-state index in [1.165, 1.54) is 5.56 Å². The van der Waals surface area contributed by atoms with Gasteiger partial charge in [-0.2, -0.15) is 0 Å². The van der Waals surface area contributed by atoms with E-state index in [1.807, 2.05) is 60.7 Å². The first kappa shape index (κ1) is 20.9. The zero-order chi connectivity index (χ0) is 21.6. The third kappa shape index (κ3) is 5.02. The van der Waals surface area contributed by atoms with E-state index in [1.54, 1.807) is 13.0 Å². The smallest absolute Gasteiger partial charge is 0.339 e. The van der Waals surface area contributed by atoms with Crippen LogP contribution in [0.3, 0.4) is 0 Å². The lowest BCUT2D eigenvalue weighted by Crippen LogP contribution is -2.39. The Labute approximate surface area is 183 Å². The lowest BCUT2D eigenvalue weighted by molar-refractivity contribution is -0.130. The van der Waals surface area contributed by atoms with Crippen LogP contribution in [0, 0.1) is 0 Å². The molecule has 3 aromatic carbocycles. The van der Waals surface area contributed by atoms with Gasteiger partial charge in [-0.25, -0.2) is 4.79 Å². The Bertz CT molecular complexity index is 1060. The molecule has 31 heavy (non-hydrogen) atoms. The molecule has 0 saturated carbocycles. The number of hydrogen-bond donors (Lipinski definition) is 1. The average Bonchev–Trinajstić information content (AvgIpc) is 2.80. The van der Waals surface area contributed by atoms with Gasteiger partial charge in [-0.15, -0.1) is 0 Å². The maximum Gasteiger partial charge on any atom is 0.339 e. The van der Waals surface area contributed by atoms with Crippen molar-refractivity contribution in [2.24, 2.45) is 0 Å². The fraction of sp³-hybridized carbons (Fsp3) is 0.259. The molecule has 0 bridgehead atoms. The van der Waals surface area contributed by atoms with Gasteiger partial charge in [0.05, 0.1) is 11.6 Å². The Morgan fingerprint density at radius 3 is 2.52 bits per heavy atom. The van der Waals surface area contributed by atoms with E-state index in [9.17, 15) is 9.59 Å². The van der Waals surface area contributed by atoms with Crippen LogP contribution in [0.15, 0.2) is 78.9 Å². The Hall–Kier alpha value is -3.40. The van der Waals surface area contributed by atoms with Gasteiger partial charge in [0.1, 0.15) is 0 Å². The zero-order valence-electron chi connectivity index (χ0n) is 17.7. The highest BCUT2D eigenvalue weighted by molar-refractivity contribution is 5.93. The summed E-state index contributed by atoms with van der Waals surface area (Å²) in [5, 5.41) is 3.07. The highest BCUT2D eigenvalue weighted by Gasteiger charge is 2.26. The minimum Gasteiger partial charge on any atom is -0.449 e. The summed E-state index contributed by atoms with van der Waals surface area (Å²) in [6.07, 6.45) is 2.72. The van der Waals surface area contributed by atoms with Gasteiger partial charge in [0, 0.05) is 0 Å². The van der Waals surface area contributed by atoms with Crippen LogP contribution in [0.25, 0.3) is 0 Å². The molecule has 4 rings (SSSR count). The highest BCUT2D eigenvalue weighted by Crippen LogP contribution is 2.29. The number of ether oxygens (including phenoxy) is 1. The minimum absolute atomic E-state index is 0.0380. The van der Waals surface area contributed by atoms with Crippen LogP contribution in [0.4, 0.5) is 0 Å². The minimum atomic E-state index is -0.869. The molecular formula is C27H27NO3. The molecule has 0 spiro atoms. The number of rotatable bonds is 6. The number of carbonyl (C=O) groups excluding carboxylic acids is 2. The fourth-order valence-electron chi connectivity index (χ4n) is 4.16. The largest absolute Gasteiger partial charge is 0.449 e. The third-order valence-electron chi connectivity index (χ3n) is 5.81. The summed E-state index contributed by atoms with van der Waals surface area (Å²) in [5.41, 5.74) is 4.93. The monoisotopic (exact) mass is 413 g/mol. The van der Waals surface area contributed by atoms with Crippen molar-refractivity contribution in [1.29, 1.82) is 0 Å². The summed E-state index contributed by atoms with van der Waals surface area (Å²) in [5.74, 6) is -0.742. The normalized spacial score (nSPS) is 16.1. The van der Waals surface area contributed by atoms with Gasteiger partial charge in [0.25, 0.3) is 5.91 Å². The standard InChI is InChI=1S/C27H27NO3/c1-19(26(29)28-25-17-9-14-21-12-5-7-15-23(21)25)31-27(30)24-16-8-6-13-22(24)18-20-10-3-2-4-11-20/h2-8,10-13,15-16,19,25H,9,14,17-18H2,1H3,(H,28,29)/t19-,25+/m0/s1. The molecule has 1 N–H and O–H groups in total. The summed E-state index contributed by atoms with van der Waals surface area (Å²) in [6.45, 7) is 1.63. The third-order valence-corrected chi connectivity index (χ3v) is 5.81. The second kappa shape index (κ2) is 9.61. The Morgan fingerprint density at radius 2 is 1.68 bits per heavy atom. The van der Waals surface area contributed by atoms with Crippen LogP contribution in [-0.2, 0) is 22.4 Å². The molecule has 158 valence electrons. The van der Waals surface area contributed by atoms with Crippen molar-refractivity contribution in [3.63, 3.8) is 0 Å². The van der Waals surface area contributed by atoms with Gasteiger partial charge >= 0.3 is 5.97 Å². The lowest BCUT2D eigenvalue weighted by atomic mass is 9.87. The maximum atomic E-state index is 12.9. The van der Waals surface area contributed by atoms with Crippen LogP contribution >= 0.6 is 0 Å². The predicted octanol–water partition coefficient (Wildman–Crippen LogP) is 5.02. The summed E-state index contributed by atoms with van der Waals surface area (Å²) in [4.78, 5) is 25.6. The van der Waals surface area contributed by atoms with Gasteiger partial charge < -0.3 is 10.1 Å². The fourth-order valence-corrected chi connectivity index (χ4v) is 4.16. The molecule has 0 aromatic heterocycles. The number of hydrogen-bond acceptors (Lipinski definition) is 3. The number of nitrogens with one attached hydrogen (secondary N) is 1. The molecule has 0 heterocycles. The number of carbonyl (C=O) groups is 2. The Kier molecular flexibility index (Phi) is 6.46. The van der Waals surface area contributed by atoms with Gasteiger partial charge in [0.15, 0.2) is 6.10 Å². The predicted molar refractivity (Wildman–Crippen MR) is 121 cm³/mol. The van der Waals surface area contributed by atoms with Crippen molar-refractivity contribution < 1.29 is 14.3 Å². The molecular weight excluding hydrogens is 386 g/mol. The lowest BCUT2D eigenvalue weighted by Gasteiger charge is -2.27. The van der Waals surface area contributed by atoms with Crippen molar-refractivity contribution >= 4 is 11.9 Å². The highest BCUT2D eigenvalue weighted by atomic mass is 16.5. The van der Waals surface area contributed by atoms with E-state index < -0.39 is 12.1 Å². The van der Waals surface area contributed by atoms with E-state index in [-0.39, 0.29) is 11.9 Å². The number of amides is 1. The molecule has 0 radical (unpaired) electrons. The van der Waals surface area contributed by atoms with Crippen LogP contribution in [0.5, 0.6) is 0 Å². The average molecular weight is 414 g/mol. The molecule has 0 fully saturated rings. The first-order valence-corrected chi connectivity index (χ1v) is 10.8. The SMILES string of the molecule is C[C@H](OC(=O)c1ccccc1Cc1ccccc1)C(=O)N[C@@H]1CCCc2ccccc21. The molecule has 0 unspecified atom stereocenters.